The second-order valence-corrected chi connectivity index (χ2v) is 6.32. The molecule has 20 heavy (non-hydrogen) atoms. The number of piperidine rings is 1. The van der Waals surface area contributed by atoms with Gasteiger partial charge in [-0.2, -0.15) is 0 Å². The molecule has 1 fully saturated rings. The summed E-state index contributed by atoms with van der Waals surface area (Å²) < 4.78 is 6.25. The molecule has 1 saturated heterocycles. The van der Waals surface area contributed by atoms with Crippen molar-refractivity contribution < 1.29 is 4.74 Å². The van der Waals surface area contributed by atoms with Crippen molar-refractivity contribution in [2.45, 2.75) is 65.9 Å². The Balaban J connectivity index is 0.000000956. The molecule has 1 aliphatic rings. The van der Waals surface area contributed by atoms with Gasteiger partial charge in [0, 0.05) is 0 Å². The quantitative estimate of drug-likeness (QED) is 0.862. The van der Waals surface area contributed by atoms with Crippen molar-refractivity contribution in [1.29, 1.82) is 0 Å². The maximum absolute atomic E-state index is 6.25. The Hall–Kier alpha value is -1.02. The molecule has 1 N–H and O–H groups in total. The van der Waals surface area contributed by atoms with E-state index < -0.39 is 0 Å². The van der Waals surface area contributed by atoms with Gasteiger partial charge in [0.25, 0.3) is 0 Å². The highest BCUT2D eigenvalue weighted by Gasteiger charge is 2.22. The lowest BCUT2D eigenvalue weighted by Gasteiger charge is -2.28. The Kier molecular flexibility index (Phi) is 6.54. The van der Waals surface area contributed by atoms with Crippen molar-refractivity contribution in [3.63, 3.8) is 0 Å². The summed E-state index contributed by atoms with van der Waals surface area (Å²) in [7, 11) is 0. The number of hydrogen-bond donors (Lipinski definition) is 1. The molecule has 0 atom stereocenters. The van der Waals surface area contributed by atoms with Crippen LogP contribution < -0.4 is 10.1 Å². The third kappa shape index (κ3) is 4.82. The van der Waals surface area contributed by atoms with Gasteiger partial charge in [0.05, 0.1) is 0 Å². The fourth-order valence-corrected chi connectivity index (χ4v) is 2.44. The fourth-order valence-electron chi connectivity index (χ4n) is 2.44. The lowest BCUT2D eigenvalue weighted by Crippen LogP contribution is -2.34. The van der Waals surface area contributed by atoms with E-state index in [9.17, 15) is 0 Å². The van der Waals surface area contributed by atoms with E-state index in [0.717, 1.165) is 31.7 Å². The zero-order valence-electron chi connectivity index (χ0n) is 14.0. The molecule has 0 bridgehead atoms. The molecule has 2 nitrogen and oxygen atoms in total. The summed E-state index contributed by atoms with van der Waals surface area (Å²) in [4.78, 5) is 0. The van der Waals surface area contributed by atoms with E-state index in [1.807, 2.05) is 13.8 Å². The van der Waals surface area contributed by atoms with Gasteiger partial charge in [-0.3, -0.25) is 0 Å². The van der Waals surface area contributed by atoms with E-state index in [1.54, 1.807) is 0 Å². The van der Waals surface area contributed by atoms with Crippen molar-refractivity contribution in [2.24, 2.45) is 0 Å². The van der Waals surface area contributed by atoms with Crippen molar-refractivity contribution >= 4 is 0 Å². The third-order valence-electron chi connectivity index (χ3n) is 3.52. The van der Waals surface area contributed by atoms with E-state index in [1.165, 1.54) is 11.1 Å². The molecule has 0 saturated carbocycles. The van der Waals surface area contributed by atoms with Crippen molar-refractivity contribution in [3.05, 3.63) is 29.3 Å². The van der Waals surface area contributed by atoms with E-state index in [0.29, 0.717) is 6.10 Å². The molecule has 2 rings (SSSR count). The van der Waals surface area contributed by atoms with Crippen molar-refractivity contribution in [1.82, 2.24) is 5.32 Å². The molecule has 1 aromatic rings. The van der Waals surface area contributed by atoms with Gasteiger partial charge < -0.3 is 10.1 Å². The van der Waals surface area contributed by atoms with Crippen LogP contribution in [0.5, 0.6) is 5.75 Å². The molecule has 114 valence electrons. The predicted molar refractivity (Wildman–Crippen MR) is 87.7 cm³/mol. The second-order valence-electron chi connectivity index (χ2n) is 6.32. The first-order valence-electron chi connectivity index (χ1n) is 7.95. The summed E-state index contributed by atoms with van der Waals surface area (Å²) in [5.74, 6) is 1.08. The molecule has 0 spiro atoms. The summed E-state index contributed by atoms with van der Waals surface area (Å²) in [5.41, 5.74) is 2.72. The van der Waals surface area contributed by atoms with Crippen LogP contribution in [-0.4, -0.2) is 19.2 Å². The minimum absolute atomic E-state index is 0.135. The molecule has 1 heterocycles. The van der Waals surface area contributed by atoms with Crippen LogP contribution in [0, 0.1) is 6.92 Å². The van der Waals surface area contributed by atoms with Gasteiger partial charge >= 0.3 is 0 Å². The Morgan fingerprint density at radius 1 is 1.10 bits per heavy atom. The molecular weight excluding hydrogens is 246 g/mol. The maximum atomic E-state index is 6.25. The summed E-state index contributed by atoms with van der Waals surface area (Å²) >= 11 is 0. The van der Waals surface area contributed by atoms with Gasteiger partial charge in [0.1, 0.15) is 11.9 Å². The summed E-state index contributed by atoms with van der Waals surface area (Å²) in [6.07, 6.45) is 2.59. The van der Waals surface area contributed by atoms with Crippen molar-refractivity contribution in [3.8, 4) is 5.75 Å². The molecule has 0 aliphatic carbocycles. The number of rotatable bonds is 2. The first kappa shape index (κ1) is 17.0. The fraction of sp³-hybridized carbons (Fsp3) is 0.667. The molecule has 0 amide bonds. The van der Waals surface area contributed by atoms with Crippen molar-refractivity contribution in [2.75, 3.05) is 13.1 Å². The number of nitrogens with one attached hydrogen (secondary N) is 1. The highest BCUT2D eigenvalue weighted by atomic mass is 16.5. The average Bonchev–Trinajstić information content (AvgIpc) is 2.41. The average molecular weight is 277 g/mol. The Morgan fingerprint density at radius 2 is 1.70 bits per heavy atom. The summed E-state index contributed by atoms with van der Waals surface area (Å²) in [6.45, 7) is 15.0. The summed E-state index contributed by atoms with van der Waals surface area (Å²) in [6, 6.07) is 6.57. The molecule has 0 aromatic heterocycles. The monoisotopic (exact) mass is 277 g/mol. The zero-order valence-corrected chi connectivity index (χ0v) is 14.0. The van der Waals surface area contributed by atoms with Crippen LogP contribution in [0.4, 0.5) is 0 Å². The Bertz CT molecular complexity index is 400. The van der Waals surface area contributed by atoms with Gasteiger partial charge in [0.2, 0.25) is 0 Å². The lowest BCUT2D eigenvalue weighted by molar-refractivity contribution is 0.159. The van der Waals surface area contributed by atoms with Crippen LogP contribution in [-0.2, 0) is 5.41 Å². The third-order valence-corrected chi connectivity index (χ3v) is 3.52. The van der Waals surface area contributed by atoms with E-state index in [4.69, 9.17) is 4.74 Å². The predicted octanol–water partition coefficient (Wildman–Crippen LogP) is 4.45. The summed E-state index contributed by atoms with van der Waals surface area (Å²) in [5, 5.41) is 3.38. The first-order valence-corrected chi connectivity index (χ1v) is 7.95. The minimum Gasteiger partial charge on any atom is -0.490 e. The number of hydrogen-bond acceptors (Lipinski definition) is 2. The molecule has 1 aromatic carbocycles. The van der Waals surface area contributed by atoms with Crippen LogP contribution in [0.1, 0.15) is 58.6 Å². The van der Waals surface area contributed by atoms with Gasteiger partial charge in [-0.25, -0.2) is 0 Å². The van der Waals surface area contributed by atoms with Gasteiger partial charge in [-0.15, -0.1) is 0 Å². The van der Waals surface area contributed by atoms with E-state index in [-0.39, 0.29) is 5.41 Å². The normalized spacial score (nSPS) is 16.3. The molecule has 1 aliphatic heterocycles. The van der Waals surface area contributed by atoms with Crippen LogP contribution >= 0.6 is 0 Å². The first-order chi connectivity index (χ1) is 9.47. The zero-order chi connectivity index (χ0) is 15.2. The Labute approximate surface area is 124 Å². The van der Waals surface area contributed by atoms with Crippen LogP contribution in [0.15, 0.2) is 18.2 Å². The van der Waals surface area contributed by atoms with E-state index in [2.05, 4.69) is 51.2 Å². The smallest absolute Gasteiger partial charge is 0.123 e. The van der Waals surface area contributed by atoms with Crippen LogP contribution in [0.25, 0.3) is 0 Å². The molecular formula is C18H31NO. The largest absolute Gasteiger partial charge is 0.490 e. The van der Waals surface area contributed by atoms with Crippen LogP contribution in [0.3, 0.4) is 0 Å². The second kappa shape index (κ2) is 7.68. The van der Waals surface area contributed by atoms with Crippen LogP contribution in [0.2, 0.25) is 0 Å². The topological polar surface area (TPSA) is 21.3 Å². The van der Waals surface area contributed by atoms with Gasteiger partial charge in [-0.1, -0.05) is 46.8 Å². The number of aryl methyl sites for hydroxylation is 1. The minimum atomic E-state index is 0.135. The number of ether oxygens (including phenoxy) is 1. The van der Waals surface area contributed by atoms with Gasteiger partial charge in [0.15, 0.2) is 0 Å². The lowest BCUT2D eigenvalue weighted by atomic mass is 9.86. The molecule has 0 unspecified atom stereocenters. The Morgan fingerprint density at radius 3 is 2.25 bits per heavy atom. The van der Waals surface area contributed by atoms with Gasteiger partial charge in [-0.05, 0) is 55.5 Å². The molecule has 2 heteroatoms. The maximum Gasteiger partial charge on any atom is 0.123 e. The highest BCUT2D eigenvalue weighted by Crippen LogP contribution is 2.33. The van der Waals surface area contributed by atoms with E-state index >= 15 is 0 Å². The standard InChI is InChI=1S/C16H25NO.C2H6/c1-12-5-6-14(16(2,3)4)15(11-12)18-13-7-9-17-10-8-13;1-2/h5-6,11,13,17H,7-10H2,1-4H3;1-2H3. The number of benzene rings is 1. The SMILES string of the molecule is CC.Cc1ccc(C(C)(C)C)c(OC2CCNCC2)c1. The highest BCUT2D eigenvalue weighted by molar-refractivity contribution is 5.41. The molecule has 0 radical (unpaired) electrons.